The fourth-order valence-electron chi connectivity index (χ4n) is 5.81. The van der Waals surface area contributed by atoms with Gasteiger partial charge in [0.2, 0.25) is 5.91 Å². The van der Waals surface area contributed by atoms with Crippen LogP contribution < -0.4 is 16.0 Å². The van der Waals surface area contributed by atoms with Crippen molar-refractivity contribution < 1.29 is 9.53 Å². The van der Waals surface area contributed by atoms with E-state index in [9.17, 15) is 4.79 Å². The van der Waals surface area contributed by atoms with E-state index in [1.54, 1.807) is 0 Å². The number of hydrogen-bond donors (Lipinski definition) is 2. The van der Waals surface area contributed by atoms with Crippen LogP contribution in [-0.2, 0) is 9.53 Å². The number of aryl methyl sites for hydroxylation is 2. The SMILES string of the molecule is Cc1ccc(C(CNC2CCOCC2)[C@H](C)C(=O)N2CCN(c3ccc(C)cc3C(N)C(C)C)CC2)cc1. The molecule has 0 aromatic heterocycles. The van der Waals surface area contributed by atoms with Crippen molar-refractivity contribution in [3.05, 3.63) is 64.7 Å². The van der Waals surface area contributed by atoms with Crippen molar-refractivity contribution >= 4 is 11.6 Å². The molecule has 2 saturated heterocycles. The van der Waals surface area contributed by atoms with E-state index in [2.05, 4.69) is 92.2 Å². The third kappa shape index (κ3) is 6.96. The van der Waals surface area contributed by atoms with Gasteiger partial charge in [-0.3, -0.25) is 4.79 Å². The van der Waals surface area contributed by atoms with E-state index in [0.29, 0.717) is 12.0 Å². The smallest absolute Gasteiger partial charge is 0.226 e. The number of anilines is 1. The third-order valence-electron chi connectivity index (χ3n) is 8.54. The summed E-state index contributed by atoms with van der Waals surface area (Å²) in [6.45, 7) is 16.3. The molecule has 2 aromatic rings. The van der Waals surface area contributed by atoms with Crippen LogP contribution in [0.15, 0.2) is 42.5 Å². The summed E-state index contributed by atoms with van der Waals surface area (Å²) in [5.74, 6) is 0.664. The van der Waals surface area contributed by atoms with Gasteiger partial charge in [0.15, 0.2) is 0 Å². The molecule has 0 bridgehead atoms. The number of carbonyl (C=O) groups excluding carboxylic acids is 1. The molecule has 0 radical (unpaired) electrons. The van der Waals surface area contributed by atoms with Crippen molar-refractivity contribution in [2.45, 2.75) is 65.5 Å². The van der Waals surface area contributed by atoms with Gasteiger partial charge >= 0.3 is 0 Å². The summed E-state index contributed by atoms with van der Waals surface area (Å²) in [6.07, 6.45) is 2.07. The van der Waals surface area contributed by atoms with Gasteiger partial charge in [-0.15, -0.1) is 0 Å². The number of benzene rings is 2. The zero-order valence-electron chi connectivity index (χ0n) is 24.1. The predicted octanol–water partition coefficient (Wildman–Crippen LogP) is 4.80. The Balaban J connectivity index is 1.43. The summed E-state index contributed by atoms with van der Waals surface area (Å²) in [4.78, 5) is 18.3. The van der Waals surface area contributed by atoms with E-state index in [0.717, 1.165) is 58.8 Å². The molecule has 4 rings (SSSR count). The summed E-state index contributed by atoms with van der Waals surface area (Å²) < 4.78 is 5.54. The number of piperazine rings is 1. The van der Waals surface area contributed by atoms with E-state index >= 15 is 0 Å². The maximum Gasteiger partial charge on any atom is 0.226 e. The third-order valence-corrected chi connectivity index (χ3v) is 8.54. The van der Waals surface area contributed by atoms with Gasteiger partial charge in [0.05, 0.1) is 0 Å². The molecule has 0 saturated carbocycles. The molecule has 2 fully saturated rings. The van der Waals surface area contributed by atoms with Crippen molar-refractivity contribution in [3.8, 4) is 0 Å². The van der Waals surface area contributed by atoms with Crippen LogP contribution in [0, 0.1) is 25.7 Å². The van der Waals surface area contributed by atoms with Crippen molar-refractivity contribution in [1.29, 1.82) is 0 Å². The van der Waals surface area contributed by atoms with Crippen LogP contribution >= 0.6 is 0 Å². The fraction of sp³-hybridized carbons (Fsp3) is 0.594. The lowest BCUT2D eigenvalue weighted by Gasteiger charge is -2.40. The van der Waals surface area contributed by atoms with Crippen LogP contribution in [0.4, 0.5) is 5.69 Å². The Hall–Kier alpha value is -2.41. The molecule has 3 atom stereocenters. The maximum absolute atomic E-state index is 13.8. The second-order valence-corrected chi connectivity index (χ2v) is 11.7. The molecule has 0 aliphatic carbocycles. The number of amides is 1. The van der Waals surface area contributed by atoms with E-state index in [-0.39, 0.29) is 23.8 Å². The summed E-state index contributed by atoms with van der Waals surface area (Å²) >= 11 is 0. The van der Waals surface area contributed by atoms with Gasteiger partial charge in [0, 0.05) is 75.5 Å². The monoisotopic (exact) mass is 520 g/mol. The first kappa shape index (κ1) is 28.6. The molecule has 2 aromatic carbocycles. The first-order chi connectivity index (χ1) is 18.2. The first-order valence-electron chi connectivity index (χ1n) is 14.5. The number of nitrogens with zero attached hydrogens (tertiary/aromatic N) is 2. The first-order valence-corrected chi connectivity index (χ1v) is 14.5. The van der Waals surface area contributed by atoms with Gasteiger partial charge < -0.3 is 25.6 Å². The second kappa shape index (κ2) is 13.1. The largest absolute Gasteiger partial charge is 0.381 e. The molecular weight excluding hydrogens is 472 g/mol. The number of nitrogens with two attached hydrogens (primary N) is 1. The Morgan fingerprint density at radius 3 is 2.24 bits per heavy atom. The zero-order valence-corrected chi connectivity index (χ0v) is 24.1. The molecule has 38 heavy (non-hydrogen) atoms. The van der Waals surface area contributed by atoms with Gasteiger partial charge in [-0.25, -0.2) is 0 Å². The molecule has 2 heterocycles. The number of hydrogen-bond acceptors (Lipinski definition) is 5. The lowest BCUT2D eigenvalue weighted by atomic mass is 9.85. The number of carbonyl (C=O) groups is 1. The number of nitrogens with one attached hydrogen (secondary N) is 1. The molecule has 0 spiro atoms. The standard InChI is InChI=1S/C32H48N4O2/c1-22(2)31(33)28-20-24(4)8-11-30(28)35-14-16-36(17-15-35)32(37)25(5)29(26-9-6-23(3)7-10-26)21-34-27-12-18-38-19-13-27/h6-11,20,22,25,27,29,31,34H,12-19,21,33H2,1-5H3/t25-,29?,31?/m0/s1. The van der Waals surface area contributed by atoms with Crippen LogP contribution in [0.5, 0.6) is 0 Å². The Bertz CT molecular complexity index is 1040. The quantitative estimate of drug-likeness (QED) is 0.497. The predicted molar refractivity (Wildman–Crippen MR) is 157 cm³/mol. The molecule has 1 amide bonds. The second-order valence-electron chi connectivity index (χ2n) is 11.7. The Morgan fingerprint density at radius 1 is 0.974 bits per heavy atom. The fourth-order valence-corrected chi connectivity index (χ4v) is 5.81. The summed E-state index contributed by atoms with van der Waals surface area (Å²) in [6, 6.07) is 15.8. The van der Waals surface area contributed by atoms with E-state index in [1.807, 2.05) is 0 Å². The van der Waals surface area contributed by atoms with Crippen LogP contribution in [0.2, 0.25) is 0 Å². The van der Waals surface area contributed by atoms with Crippen LogP contribution in [0.3, 0.4) is 0 Å². The molecule has 6 heteroatoms. The van der Waals surface area contributed by atoms with Crippen LogP contribution in [0.1, 0.15) is 67.8 Å². The van der Waals surface area contributed by atoms with Gasteiger partial charge in [0.1, 0.15) is 0 Å². The van der Waals surface area contributed by atoms with Gasteiger partial charge in [-0.1, -0.05) is 68.3 Å². The minimum Gasteiger partial charge on any atom is -0.381 e. The topological polar surface area (TPSA) is 70.8 Å². The van der Waals surface area contributed by atoms with Gasteiger partial charge in [0.25, 0.3) is 0 Å². The maximum atomic E-state index is 13.8. The highest BCUT2D eigenvalue weighted by Gasteiger charge is 2.32. The van der Waals surface area contributed by atoms with Crippen molar-refractivity contribution in [1.82, 2.24) is 10.2 Å². The summed E-state index contributed by atoms with van der Waals surface area (Å²) in [7, 11) is 0. The lowest BCUT2D eigenvalue weighted by Crippen LogP contribution is -2.51. The highest BCUT2D eigenvalue weighted by atomic mass is 16.5. The van der Waals surface area contributed by atoms with E-state index < -0.39 is 0 Å². The highest BCUT2D eigenvalue weighted by molar-refractivity contribution is 5.80. The van der Waals surface area contributed by atoms with Crippen molar-refractivity contribution in [2.24, 2.45) is 17.6 Å². The van der Waals surface area contributed by atoms with Crippen molar-refractivity contribution in [2.75, 3.05) is 50.8 Å². The van der Waals surface area contributed by atoms with Crippen molar-refractivity contribution in [3.63, 3.8) is 0 Å². The normalized spacial score (nSPS) is 19.4. The lowest BCUT2D eigenvalue weighted by molar-refractivity contribution is -0.136. The Labute approximate surface area is 229 Å². The minimum absolute atomic E-state index is 0.00285. The Morgan fingerprint density at radius 2 is 1.61 bits per heavy atom. The van der Waals surface area contributed by atoms with Gasteiger partial charge in [-0.05, 0) is 49.8 Å². The molecule has 2 unspecified atom stereocenters. The highest BCUT2D eigenvalue weighted by Crippen LogP contribution is 2.32. The molecule has 208 valence electrons. The molecule has 2 aliphatic rings. The zero-order chi connectivity index (χ0) is 27.2. The number of ether oxygens (including phenoxy) is 1. The summed E-state index contributed by atoms with van der Waals surface area (Å²) in [5, 5.41) is 3.76. The van der Waals surface area contributed by atoms with E-state index in [4.69, 9.17) is 10.5 Å². The molecule has 6 nitrogen and oxygen atoms in total. The van der Waals surface area contributed by atoms with E-state index in [1.165, 1.54) is 27.9 Å². The minimum atomic E-state index is -0.0964. The van der Waals surface area contributed by atoms with Gasteiger partial charge in [-0.2, -0.15) is 0 Å². The number of rotatable bonds is 9. The Kier molecular flexibility index (Phi) is 9.85. The molecule has 3 N–H and O–H groups in total. The van der Waals surface area contributed by atoms with Crippen LogP contribution in [-0.4, -0.2) is 62.8 Å². The average molecular weight is 521 g/mol. The summed E-state index contributed by atoms with van der Waals surface area (Å²) in [5.41, 5.74) is 12.8. The molecule has 2 aliphatic heterocycles. The molecular formula is C32H48N4O2. The van der Waals surface area contributed by atoms with Crippen LogP contribution in [0.25, 0.3) is 0 Å². The average Bonchev–Trinajstić information content (AvgIpc) is 2.93.